The van der Waals surface area contributed by atoms with Crippen molar-refractivity contribution in [2.45, 2.75) is 20.0 Å². The van der Waals surface area contributed by atoms with Crippen LogP contribution in [0, 0.1) is 0 Å². The molecular weight excluding hydrogens is 197 g/mol. The van der Waals surface area contributed by atoms with Crippen LogP contribution < -0.4 is 4.74 Å². The average Bonchev–Trinajstić information content (AvgIpc) is 1.97. The van der Waals surface area contributed by atoms with Gasteiger partial charge in [0.05, 0.1) is 11.1 Å². The van der Waals surface area contributed by atoms with Crippen LogP contribution in [0.1, 0.15) is 13.8 Å². The Kier molecular flexibility index (Phi) is 3.18. The van der Waals surface area contributed by atoms with Gasteiger partial charge in [0.15, 0.2) is 10.9 Å². The number of aromatic nitrogens is 1. The zero-order valence-electron chi connectivity index (χ0n) is 6.84. The first-order valence-electron chi connectivity index (χ1n) is 3.58. The van der Waals surface area contributed by atoms with Gasteiger partial charge < -0.3 is 4.74 Å². The van der Waals surface area contributed by atoms with Gasteiger partial charge in [-0.1, -0.05) is 23.2 Å². The summed E-state index contributed by atoms with van der Waals surface area (Å²) in [7, 11) is 0. The van der Waals surface area contributed by atoms with Crippen LogP contribution in [-0.4, -0.2) is 11.1 Å². The molecule has 0 fully saturated rings. The van der Waals surface area contributed by atoms with Crippen LogP contribution in [-0.2, 0) is 0 Å². The predicted molar refractivity (Wildman–Crippen MR) is 50.0 cm³/mol. The van der Waals surface area contributed by atoms with Crippen LogP contribution in [0.25, 0.3) is 0 Å². The van der Waals surface area contributed by atoms with E-state index in [0.29, 0.717) is 15.9 Å². The lowest BCUT2D eigenvalue weighted by Crippen LogP contribution is -2.06. The number of halogens is 2. The Hall–Kier alpha value is -0.470. The molecule has 1 heterocycles. The lowest BCUT2D eigenvalue weighted by Gasteiger charge is -2.11. The fourth-order valence-electron chi connectivity index (χ4n) is 0.742. The molecule has 0 bridgehead atoms. The second-order valence-corrected chi connectivity index (χ2v) is 3.34. The summed E-state index contributed by atoms with van der Waals surface area (Å²) in [6, 6.07) is 1.64. The van der Waals surface area contributed by atoms with E-state index in [-0.39, 0.29) is 6.10 Å². The van der Waals surface area contributed by atoms with Crippen molar-refractivity contribution in [2.24, 2.45) is 0 Å². The molecule has 1 rings (SSSR count). The fraction of sp³-hybridized carbons (Fsp3) is 0.375. The van der Waals surface area contributed by atoms with E-state index < -0.39 is 0 Å². The lowest BCUT2D eigenvalue weighted by molar-refractivity contribution is 0.242. The summed E-state index contributed by atoms with van der Waals surface area (Å²) < 4.78 is 5.35. The topological polar surface area (TPSA) is 22.1 Å². The number of hydrogen-bond acceptors (Lipinski definition) is 2. The Morgan fingerprint density at radius 1 is 1.42 bits per heavy atom. The monoisotopic (exact) mass is 205 g/mol. The van der Waals surface area contributed by atoms with E-state index in [1.54, 1.807) is 6.07 Å². The highest BCUT2D eigenvalue weighted by atomic mass is 35.5. The van der Waals surface area contributed by atoms with Crippen LogP contribution in [0.2, 0.25) is 10.2 Å². The van der Waals surface area contributed by atoms with Gasteiger partial charge in [-0.3, -0.25) is 0 Å². The Bertz CT molecular complexity index is 256. The van der Waals surface area contributed by atoms with Gasteiger partial charge in [0, 0.05) is 6.20 Å². The molecular formula is C8H9Cl2NO. The van der Waals surface area contributed by atoms with Gasteiger partial charge in [-0.2, -0.15) is 0 Å². The Balaban J connectivity index is 2.96. The molecule has 12 heavy (non-hydrogen) atoms. The quantitative estimate of drug-likeness (QED) is 0.693. The molecule has 0 amide bonds. The van der Waals surface area contributed by atoms with Crippen molar-refractivity contribution in [1.29, 1.82) is 0 Å². The molecule has 1 aromatic rings. The molecule has 0 aromatic carbocycles. The van der Waals surface area contributed by atoms with Crippen molar-refractivity contribution in [3.63, 3.8) is 0 Å². The van der Waals surface area contributed by atoms with E-state index in [2.05, 4.69) is 4.98 Å². The zero-order chi connectivity index (χ0) is 9.14. The van der Waals surface area contributed by atoms with Crippen LogP contribution >= 0.6 is 23.2 Å². The largest absolute Gasteiger partial charge is 0.486 e. The third-order valence-electron chi connectivity index (χ3n) is 1.17. The maximum atomic E-state index is 5.82. The Morgan fingerprint density at radius 3 is 2.58 bits per heavy atom. The van der Waals surface area contributed by atoms with Crippen molar-refractivity contribution in [1.82, 2.24) is 4.98 Å². The molecule has 0 aliphatic carbocycles. The molecule has 66 valence electrons. The molecule has 0 N–H and O–H groups in total. The van der Waals surface area contributed by atoms with E-state index in [1.807, 2.05) is 13.8 Å². The van der Waals surface area contributed by atoms with Crippen molar-refractivity contribution in [2.75, 3.05) is 0 Å². The van der Waals surface area contributed by atoms with E-state index in [1.165, 1.54) is 6.20 Å². The van der Waals surface area contributed by atoms with Crippen molar-refractivity contribution >= 4 is 23.2 Å². The smallest absolute Gasteiger partial charge is 0.175 e. The van der Waals surface area contributed by atoms with Crippen LogP contribution in [0.3, 0.4) is 0 Å². The molecule has 1 aromatic heterocycles. The van der Waals surface area contributed by atoms with E-state index >= 15 is 0 Å². The maximum absolute atomic E-state index is 5.82. The molecule has 0 aliphatic rings. The van der Waals surface area contributed by atoms with Crippen LogP contribution in [0.4, 0.5) is 0 Å². The number of pyridine rings is 1. The molecule has 0 aliphatic heterocycles. The summed E-state index contributed by atoms with van der Waals surface area (Å²) in [5, 5.41) is 0.792. The lowest BCUT2D eigenvalue weighted by atomic mass is 10.4. The molecule has 0 unspecified atom stereocenters. The van der Waals surface area contributed by atoms with Gasteiger partial charge in [-0.25, -0.2) is 4.98 Å². The van der Waals surface area contributed by atoms with E-state index in [4.69, 9.17) is 27.9 Å². The van der Waals surface area contributed by atoms with Crippen LogP contribution in [0.5, 0.6) is 5.75 Å². The first-order valence-corrected chi connectivity index (χ1v) is 4.33. The predicted octanol–water partition coefficient (Wildman–Crippen LogP) is 3.18. The maximum Gasteiger partial charge on any atom is 0.175 e. The normalized spacial score (nSPS) is 10.4. The molecule has 0 radical (unpaired) electrons. The van der Waals surface area contributed by atoms with Gasteiger partial charge in [0.2, 0.25) is 0 Å². The summed E-state index contributed by atoms with van der Waals surface area (Å²) in [6.45, 7) is 3.80. The van der Waals surface area contributed by atoms with Crippen LogP contribution in [0.15, 0.2) is 12.3 Å². The summed E-state index contributed by atoms with van der Waals surface area (Å²) in [5.74, 6) is 0.454. The standard InChI is InChI=1S/C8H9Cl2NO/c1-5(2)12-7-6(9)3-4-11-8(7)10/h3-5H,1-2H3. The summed E-state index contributed by atoms with van der Waals surface area (Å²) in [5.41, 5.74) is 0. The Morgan fingerprint density at radius 2 is 2.08 bits per heavy atom. The average molecular weight is 206 g/mol. The van der Waals surface area contributed by atoms with E-state index in [9.17, 15) is 0 Å². The molecule has 0 saturated carbocycles. The molecule has 0 spiro atoms. The fourth-order valence-corrected chi connectivity index (χ4v) is 1.18. The number of nitrogens with zero attached hydrogens (tertiary/aromatic N) is 1. The number of hydrogen-bond donors (Lipinski definition) is 0. The van der Waals surface area contributed by atoms with Gasteiger partial charge in [0.1, 0.15) is 0 Å². The molecule has 0 atom stereocenters. The Labute approximate surface area is 81.5 Å². The summed E-state index contributed by atoms with van der Waals surface area (Å²) >= 11 is 11.6. The minimum Gasteiger partial charge on any atom is -0.486 e. The van der Waals surface area contributed by atoms with Gasteiger partial charge >= 0.3 is 0 Å². The highest BCUT2D eigenvalue weighted by Gasteiger charge is 2.08. The van der Waals surface area contributed by atoms with Crippen molar-refractivity contribution in [3.8, 4) is 5.75 Å². The second kappa shape index (κ2) is 3.97. The minimum atomic E-state index is 0.0456. The van der Waals surface area contributed by atoms with Gasteiger partial charge in [0.25, 0.3) is 0 Å². The third kappa shape index (κ3) is 2.26. The van der Waals surface area contributed by atoms with E-state index in [0.717, 1.165) is 0 Å². The molecule has 0 saturated heterocycles. The SMILES string of the molecule is CC(C)Oc1c(Cl)ccnc1Cl. The number of rotatable bonds is 2. The van der Waals surface area contributed by atoms with Crippen molar-refractivity contribution < 1.29 is 4.74 Å². The second-order valence-electron chi connectivity index (χ2n) is 2.58. The first-order chi connectivity index (χ1) is 5.61. The number of ether oxygens (including phenoxy) is 1. The highest BCUT2D eigenvalue weighted by molar-refractivity contribution is 6.36. The molecule has 4 heteroatoms. The van der Waals surface area contributed by atoms with Gasteiger partial charge in [-0.15, -0.1) is 0 Å². The molecule has 2 nitrogen and oxygen atoms in total. The third-order valence-corrected chi connectivity index (χ3v) is 1.73. The minimum absolute atomic E-state index is 0.0456. The summed E-state index contributed by atoms with van der Waals surface area (Å²) in [4.78, 5) is 3.85. The van der Waals surface area contributed by atoms with Crippen molar-refractivity contribution in [3.05, 3.63) is 22.4 Å². The first kappa shape index (κ1) is 9.62. The highest BCUT2D eigenvalue weighted by Crippen LogP contribution is 2.30. The summed E-state index contributed by atoms with van der Waals surface area (Å²) in [6.07, 6.45) is 1.59. The van der Waals surface area contributed by atoms with Gasteiger partial charge in [-0.05, 0) is 19.9 Å². The zero-order valence-corrected chi connectivity index (χ0v) is 8.36.